The molecule has 1 unspecified atom stereocenters. The Morgan fingerprint density at radius 1 is 1.38 bits per heavy atom. The highest BCUT2D eigenvalue weighted by molar-refractivity contribution is 5.45. The van der Waals surface area contributed by atoms with E-state index in [1.165, 1.54) is 13.2 Å². The molecule has 0 bridgehead atoms. The zero-order valence-electron chi connectivity index (χ0n) is 8.77. The molecular formula is C11H12F3NO. The van der Waals surface area contributed by atoms with Crippen molar-refractivity contribution in [1.29, 1.82) is 0 Å². The Morgan fingerprint density at radius 3 is 2.50 bits per heavy atom. The molecule has 1 fully saturated rings. The number of hydrogen-bond acceptors (Lipinski definition) is 2. The predicted octanol–water partition coefficient (Wildman–Crippen LogP) is 2.75. The maximum Gasteiger partial charge on any atom is 0.419 e. The lowest BCUT2D eigenvalue weighted by atomic mass is 9.95. The van der Waals surface area contributed by atoms with Crippen LogP contribution in [0.25, 0.3) is 0 Å². The molecule has 1 aliphatic heterocycles. The van der Waals surface area contributed by atoms with E-state index >= 15 is 0 Å². The summed E-state index contributed by atoms with van der Waals surface area (Å²) in [5.41, 5.74) is -0.121. The highest BCUT2D eigenvalue weighted by atomic mass is 19.4. The van der Waals surface area contributed by atoms with Gasteiger partial charge in [0, 0.05) is 11.6 Å². The van der Waals surface area contributed by atoms with E-state index in [2.05, 4.69) is 5.32 Å². The number of methoxy groups -OCH3 is 1. The molecule has 1 heterocycles. The topological polar surface area (TPSA) is 21.3 Å². The van der Waals surface area contributed by atoms with Gasteiger partial charge >= 0.3 is 6.18 Å². The zero-order chi connectivity index (χ0) is 11.8. The van der Waals surface area contributed by atoms with Crippen LogP contribution in [0, 0.1) is 0 Å². The fourth-order valence-electron chi connectivity index (χ4n) is 1.83. The summed E-state index contributed by atoms with van der Waals surface area (Å²) in [6, 6.07) is 4.12. The fraction of sp³-hybridized carbons (Fsp3) is 0.455. The summed E-state index contributed by atoms with van der Waals surface area (Å²) in [5, 5.41) is 3.07. The Kier molecular flexibility index (Phi) is 2.80. The van der Waals surface area contributed by atoms with Crippen molar-refractivity contribution in [2.45, 2.75) is 18.6 Å². The number of benzene rings is 1. The van der Waals surface area contributed by atoms with Crippen LogP contribution in [0.5, 0.6) is 5.75 Å². The summed E-state index contributed by atoms with van der Waals surface area (Å²) in [5.74, 6) is -0.0628. The van der Waals surface area contributed by atoms with Crippen LogP contribution in [-0.2, 0) is 6.18 Å². The summed E-state index contributed by atoms with van der Waals surface area (Å²) in [6.45, 7) is 0.837. The fourth-order valence-corrected chi connectivity index (χ4v) is 1.83. The average Bonchev–Trinajstić information content (AvgIpc) is 2.13. The summed E-state index contributed by atoms with van der Waals surface area (Å²) < 4.78 is 43.0. The van der Waals surface area contributed by atoms with Crippen molar-refractivity contribution in [3.05, 3.63) is 29.3 Å². The lowest BCUT2D eigenvalue weighted by molar-refractivity contribution is -0.138. The molecule has 1 N–H and O–H groups in total. The van der Waals surface area contributed by atoms with E-state index < -0.39 is 11.7 Å². The maximum atomic E-state index is 12.7. The third-order valence-corrected chi connectivity index (χ3v) is 2.75. The normalized spacial score (nSPS) is 20.4. The first-order chi connectivity index (χ1) is 7.54. The summed E-state index contributed by atoms with van der Waals surface area (Å²) in [4.78, 5) is 0. The first-order valence-corrected chi connectivity index (χ1v) is 5.01. The Hall–Kier alpha value is -1.23. The van der Waals surface area contributed by atoms with Crippen LogP contribution < -0.4 is 10.1 Å². The minimum absolute atomic E-state index is 0.0164. The summed E-state index contributed by atoms with van der Waals surface area (Å²) >= 11 is 0. The molecule has 0 amide bonds. The molecule has 0 saturated carbocycles. The second-order valence-electron chi connectivity index (χ2n) is 3.72. The van der Waals surface area contributed by atoms with Crippen molar-refractivity contribution >= 4 is 0 Å². The van der Waals surface area contributed by atoms with E-state index in [1.54, 1.807) is 6.07 Å². The van der Waals surface area contributed by atoms with Gasteiger partial charge in [-0.3, -0.25) is 0 Å². The number of ether oxygens (including phenoxy) is 1. The Balaban J connectivity index is 2.46. The molecule has 16 heavy (non-hydrogen) atoms. The van der Waals surface area contributed by atoms with Crippen molar-refractivity contribution in [2.24, 2.45) is 0 Å². The minimum Gasteiger partial charge on any atom is -0.496 e. The first-order valence-electron chi connectivity index (χ1n) is 5.01. The largest absolute Gasteiger partial charge is 0.496 e. The second kappa shape index (κ2) is 3.97. The van der Waals surface area contributed by atoms with Crippen LogP contribution in [0.2, 0.25) is 0 Å². The number of hydrogen-bond donors (Lipinski definition) is 1. The van der Waals surface area contributed by atoms with Crippen LogP contribution in [0.4, 0.5) is 13.2 Å². The van der Waals surface area contributed by atoms with E-state index in [1.807, 2.05) is 0 Å². The van der Waals surface area contributed by atoms with Gasteiger partial charge in [0.05, 0.1) is 12.7 Å². The number of rotatable bonds is 2. The maximum absolute atomic E-state index is 12.7. The van der Waals surface area contributed by atoms with Crippen LogP contribution in [0.15, 0.2) is 18.2 Å². The van der Waals surface area contributed by atoms with E-state index in [9.17, 15) is 13.2 Å². The van der Waals surface area contributed by atoms with Gasteiger partial charge < -0.3 is 10.1 Å². The van der Waals surface area contributed by atoms with E-state index in [4.69, 9.17) is 4.74 Å². The van der Waals surface area contributed by atoms with Crippen molar-refractivity contribution in [2.75, 3.05) is 13.7 Å². The molecule has 0 radical (unpaired) electrons. The molecule has 88 valence electrons. The van der Waals surface area contributed by atoms with Gasteiger partial charge in [-0.25, -0.2) is 0 Å². The van der Waals surface area contributed by atoms with Gasteiger partial charge in [0.1, 0.15) is 5.75 Å². The third-order valence-electron chi connectivity index (χ3n) is 2.75. The lowest BCUT2D eigenvalue weighted by Crippen LogP contribution is -2.35. The first kappa shape index (κ1) is 11.3. The van der Waals surface area contributed by atoms with Gasteiger partial charge in [0.15, 0.2) is 0 Å². The number of para-hydroxylation sites is 1. The van der Waals surface area contributed by atoms with E-state index in [0.29, 0.717) is 5.56 Å². The van der Waals surface area contributed by atoms with Crippen LogP contribution in [0.3, 0.4) is 0 Å². The number of nitrogens with one attached hydrogen (secondary N) is 1. The molecule has 1 saturated heterocycles. The van der Waals surface area contributed by atoms with Gasteiger partial charge in [-0.1, -0.05) is 12.1 Å². The number of alkyl halides is 3. The molecule has 0 aromatic heterocycles. The molecular weight excluding hydrogens is 219 g/mol. The molecule has 1 atom stereocenters. The van der Waals surface area contributed by atoms with Crippen molar-refractivity contribution in [3.63, 3.8) is 0 Å². The van der Waals surface area contributed by atoms with Crippen molar-refractivity contribution in [3.8, 4) is 5.75 Å². The van der Waals surface area contributed by atoms with Crippen molar-refractivity contribution in [1.82, 2.24) is 5.32 Å². The Bertz CT molecular complexity index is 385. The van der Waals surface area contributed by atoms with E-state index in [-0.39, 0.29) is 11.8 Å². The minimum atomic E-state index is -4.37. The predicted molar refractivity (Wildman–Crippen MR) is 53.4 cm³/mol. The van der Waals surface area contributed by atoms with Gasteiger partial charge in [-0.05, 0) is 19.0 Å². The van der Waals surface area contributed by atoms with Gasteiger partial charge in [-0.15, -0.1) is 0 Å². The molecule has 5 heteroatoms. The smallest absolute Gasteiger partial charge is 0.419 e. The molecule has 0 aliphatic carbocycles. The molecule has 2 nitrogen and oxygen atoms in total. The highest BCUT2D eigenvalue weighted by Gasteiger charge is 2.36. The zero-order valence-corrected chi connectivity index (χ0v) is 8.77. The van der Waals surface area contributed by atoms with Gasteiger partial charge in [0.2, 0.25) is 0 Å². The second-order valence-corrected chi connectivity index (χ2v) is 3.72. The van der Waals surface area contributed by atoms with E-state index in [0.717, 1.165) is 19.0 Å². The van der Waals surface area contributed by atoms with Crippen molar-refractivity contribution < 1.29 is 17.9 Å². The molecule has 0 spiro atoms. The quantitative estimate of drug-likeness (QED) is 0.845. The van der Waals surface area contributed by atoms with Crippen LogP contribution in [0.1, 0.15) is 23.6 Å². The summed E-state index contributed by atoms with van der Waals surface area (Å²) in [6.07, 6.45) is -3.53. The Labute approximate surface area is 91.4 Å². The van der Waals surface area contributed by atoms with Crippen LogP contribution in [-0.4, -0.2) is 13.7 Å². The molecule has 2 rings (SSSR count). The van der Waals surface area contributed by atoms with Crippen LogP contribution >= 0.6 is 0 Å². The SMILES string of the molecule is COc1c(C2CCN2)cccc1C(F)(F)F. The summed E-state index contributed by atoms with van der Waals surface area (Å²) in [7, 11) is 1.27. The number of halogens is 3. The third kappa shape index (κ3) is 1.87. The molecule has 1 aromatic rings. The standard InChI is InChI=1S/C11H12F3NO/c1-16-10-7(9-5-6-15-9)3-2-4-8(10)11(12,13)14/h2-4,9,15H,5-6H2,1H3. The Morgan fingerprint density at radius 2 is 2.06 bits per heavy atom. The van der Waals surface area contributed by atoms with Gasteiger partial charge in [-0.2, -0.15) is 13.2 Å². The average molecular weight is 231 g/mol. The highest BCUT2D eigenvalue weighted by Crippen LogP contribution is 2.41. The lowest BCUT2D eigenvalue weighted by Gasteiger charge is -2.30. The molecule has 1 aliphatic rings. The monoisotopic (exact) mass is 231 g/mol. The van der Waals surface area contributed by atoms with Gasteiger partial charge in [0.25, 0.3) is 0 Å². The molecule has 1 aromatic carbocycles.